The summed E-state index contributed by atoms with van der Waals surface area (Å²) in [6.07, 6.45) is 0. The summed E-state index contributed by atoms with van der Waals surface area (Å²) in [6, 6.07) is 1.96. The van der Waals surface area contributed by atoms with Crippen LogP contribution in [0.4, 0.5) is 0 Å². The predicted octanol–water partition coefficient (Wildman–Crippen LogP) is 1.05. The number of aromatic nitrogens is 2. The van der Waals surface area contributed by atoms with E-state index in [0.29, 0.717) is 13.2 Å². The van der Waals surface area contributed by atoms with E-state index in [1.807, 2.05) is 17.8 Å². The van der Waals surface area contributed by atoms with Gasteiger partial charge in [0.15, 0.2) is 5.60 Å². The molecule has 1 aliphatic rings. The molecule has 0 amide bonds. The Morgan fingerprint density at radius 1 is 1.69 bits per heavy atom. The molecule has 0 aromatic carbocycles. The summed E-state index contributed by atoms with van der Waals surface area (Å²) in [4.78, 5) is 0. The normalized spacial score (nSPS) is 19.9. The first kappa shape index (κ1) is 9.18. The second-order valence-electron chi connectivity index (χ2n) is 3.17. The van der Waals surface area contributed by atoms with Gasteiger partial charge in [-0.05, 0) is 22.0 Å². The van der Waals surface area contributed by atoms with Crippen molar-refractivity contribution >= 4 is 15.9 Å². The molecule has 1 aliphatic heterocycles. The smallest absolute Gasteiger partial charge is 0.155 e. The van der Waals surface area contributed by atoms with Crippen LogP contribution >= 0.6 is 15.9 Å². The van der Waals surface area contributed by atoms with Crippen molar-refractivity contribution in [2.45, 2.75) is 5.60 Å². The topological polar surface area (TPSA) is 36.3 Å². The fraction of sp³-hybridized carbons (Fsp3) is 0.625. The van der Waals surface area contributed by atoms with Gasteiger partial charge in [0.05, 0.1) is 18.9 Å². The second-order valence-corrected chi connectivity index (χ2v) is 3.98. The van der Waals surface area contributed by atoms with Gasteiger partial charge in [-0.15, -0.1) is 0 Å². The Bertz CT molecular complexity index is 314. The van der Waals surface area contributed by atoms with E-state index in [9.17, 15) is 0 Å². The minimum Gasteiger partial charge on any atom is -0.374 e. The molecule has 0 saturated carbocycles. The summed E-state index contributed by atoms with van der Waals surface area (Å²) in [5.41, 5.74) is 0.765. The first-order valence-corrected chi connectivity index (χ1v) is 4.80. The van der Waals surface area contributed by atoms with E-state index in [1.165, 1.54) is 0 Å². The SMILES string of the molecule is COC1(c2cc(Br)nn2C)COC1. The van der Waals surface area contributed by atoms with E-state index in [2.05, 4.69) is 21.0 Å². The van der Waals surface area contributed by atoms with Gasteiger partial charge in [-0.25, -0.2) is 0 Å². The number of ether oxygens (including phenoxy) is 2. The highest BCUT2D eigenvalue weighted by molar-refractivity contribution is 9.10. The summed E-state index contributed by atoms with van der Waals surface area (Å²) < 4.78 is 13.3. The Hall–Kier alpha value is -0.390. The lowest BCUT2D eigenvalue weighted by Crippen LogP contribution is -2.49. The summed E-state index contributed by atoms with van der Waals surface area (Å²) in [6.45, 7) is 1.21. The fourth-order valence-corrected chi connectivity index (χ4v) is 1.97. The van der Waals surface area contributed by atoms with Gasteiger partial charge in [-0.3, -0.25) is 4.68 Å². The lowest BCUT2D eigenvalue weighted by Gasteiger charge is -2.39. The van der Waals surface area contributed by atoms with E-state index in [-0.39, 0.29) is 5.60 Å². The molecule has 0 aliphatic carbocycles. The lowest BCUT2D eigenvalue weighted by molar-refractivity contribution is -0.206. The molecule has 72 valence electrons. The Kier molecular flexibility index (Phi) is 2.17. The summed E-state index contributed by atoms with van der Waals surface area (Å²) in [5, 5.41) is 4.20. The van der Waals surface area contributed by atoms with Crippen LogP contribution in [0.15, 0.2) is 10.7 Å². The van der Waals surface area contributed by atoms with Crippen molar-refractivity contribution in [2.75, 3.05) is 20.3 Å². The van der Waals surface area contributed by atoms with Gasteiger partial charge in [-0.1, -0.05) is 0 Å². The van der Waals surface area contributed by atoms with Crippen molar-refractivity contribution in [3.63, 3.8) is 0 Å². The molecule has 0 spiro atoms. The summed E-state index contributed by atoms with van der Waals surface area (Å²) in [7, 11) is 3.60. The van der Waals surface area contributed by atoms with E-state index in [0.717, 1.165) is 10.3 Å². The first-order valence-electron chi connectivity index (χ1n) is 4.01. The van der Waals surface area contributed by atoms with E-state index in [1.54, 1.807) is 7.11 Å². The molecular formula is C8H11BrN2O2. The van der Waals surface area contributed by atoms with Gasteiger partial charge in [0, 0.05) is 14.2 Å². The van der Waals surface area contributed by atoms with Crippen LogP contribution in [0, 0.1) is 0 Å². The van der Waals surface area contributed by atoms with Crippen molar-refractivity contribution in [2.24, 2.45) is 7.05 Å². The molecule has 1 fully saturated rings. The van der Waals surface area contributed by atoms with Crippen LogP contribution < -0.4 is 0 Å². The van der Waals surface area contributed by atoms with Gasteiger partial charge in [0.1, 0.15) is 4.60 Å². The maximum atomic E-state index is 5.45. The molecule has 4 nitrogen and oxygen atoms in total. The number of aryl methyl sites for hydroxylation is 1. The molecule has 0 radical (unpaired) electrons. The molecule has 1 aromatic heterocycles. The first-order chi connectivity index (χ1) is 6.18. The molecular weight excluding hydrogens is 236 g/mol. The van der Waals surface area contributed by atoms with Crippen LogP contribution in [-0.2, 0) is 22.1 Å². The highest BCUT2D eigenvalue weighted by Crippen LogP contribution is 2.33. The van der Waals surface area contributed by atoms with Crippen molar-refractivity contribution in [1.82, 2.24) is 9.78 Å². The molecule has 0 unspecified atom stereocenters. The average Bonchev–Trinajstić information content (AvgIpc) is 2.30. The zero-order chi connectivity index (χ0) is 9.47. The third-order valence-electron chi connectivity index (χ3n) is 2.38. The van der Waals surface area contributed by atoms with Crippen molar-refractivity contribution in [3.8, 4) is 0 Å². The Morgan fingerprint density at radius 3 is 2.69 bits per heavy atom. The number of rotatable bonds is 2. The molecule has 0 N–H and O–H groups in total. The number of methoxy groups -OCH3 is 1. The number of halogens is 1. The Morgan fingerprint density at radius 2 is 2.38 bits per heavy atom. The highest BCUT2D eigenvalue weighted by atomic mass is 79.9. The van der Waals surface area contributed by atoms with E-state index in [4.69, 9.17) is 9.47 Å². The van der Waals surface area contributed by atoms with Crippen LogP contribution in [0.1, 0.15) is 5.69 Å². The van der Waals surface area contributed by atoms with Gasteiger partial charge in [0.2, 0.25) is 0 Å². The molecule has 1 aromatic rings. The zero-order valence-electron chi connectivity index (χ0n) is 7.58. The van der Waals surface area contributed by atoms with Crippen LogP contribution in [0.3, 0.4) is 0 Å². The molecule has 0 bridgehead atoms. The summed E-state index contributed by atoms with van der Waals surface area (Å²) >= 11 is 3.33. The van der Waals surface area contributed by atoms with Crippen LogP contribution in [0.25, 0.3) is 0 Å². The predicted molar refractivity (Wildman–Crippen MR) is 50.4 cm³/mol. The summed E-state index contributed by atoms with van der Waals surface area (Å²) in [5.74, 6) is 0. The molecule has 5 heteroatoms. The van der Waals surface area contributed by atoms with E-state index >= 15 is 0 Å². The zero-order valence-corrected chi connectivity index (χ0v) is 9.17. The lowest BCUT2D eigenvalue weighted by atomic mass is 9.97. The molecule has 13 heavy (non-hydrogen) atoms. The monoisotopic (exact) mass is 246 g/mol. The molecule has 1 saturated heterocycles. The molecule has 2 heterocycles. The Balaban J connectivity index is 2.37. The number of hydrogen-bond donors (Lipinski definition) is 0. The van der Waals surface area contributed by atoms with Crippen LogP contribution in [0.5, 0.6) is 0 Å². The number of hydrogen-bond acceptors (Lipinski definition) is 3. The van der Waals surface area contributed by atoms with Crippen LogP contribution in [-0.4, -0.2) is 30.1 Å². The maximum Gasteiger partial charge on any atom is 0.155 e. The minimum atomic E-state index is -0.284. The van der Waals surface area contributed by atoms with Gasteiger partial charge < -0.3 is 9.47 Å². The van der Waals surface area contributed by atoms with Gasteiger partial charge >= 0.3 is 0 Å². The highest BCUT2D eigenvalue weighted by Gasteiger charge is 2.43. The largest absolute Gasteiger partial charge is 0.374 e. The third kappa shape index (κ3) is 1.31. The second kappa shape index (κ2) is 3.08. The maximum absolute atomic E-state index is 5.45. The third-order valence-corrected chi connectivity index (χ3v) is 2.77. The van der Waals surface area contributed by atoms with Gasteiger partial charge in [0.25, 0.3) is 0 Å². The van der Waals surface area contributed by atoms with E-state index < -0.39 is 0 Å². The van der Waals surface area contributed by atoms with Crippen molar-refractivity contribution in [3.05, 3.63) is 16.4 Å². The molecule has 2 rings (SSSR count). The minimum absolute atomic E-state index is 0.284. The van der Waals surface area contributed by atoms with Crippen LogP contribution in [0.2, 0.25) is 0 Å². The fourth-order valence-electron chi connectivity index (χ4n) is 1.52. The quantitative estimate of drug-likeness (QED) is 0.783. The molecule has 0 atom stereocenters. The van der Waals surface area contributed by atoms with Gasteiger partial charge in [-0.2, -0.15) is 5.10 Å². The van der Waals surface area contributed by atoms with Crippen molar-refractivity contribution in [1.29, 1.82) is 0 Å². The standard InChI is InChI=1S/C8H11BrN2O2/c1-11-6(3-7(9)10-11)8(12-2)4-13-5-8/h3H,4-5H2,1-2H3. The Labute approximate surface area is 85.0 Å². The van der Waals surface area contributed by atoms with Crippen molar-refractivity contribution < 1.29 is 9.47 Å². The average molecular weight is 247 g/mol. The number of nitrogens with zero attached hydrogens (tertiary/aromatic N) is 2.